The maximum atomic E-state index is 12.4. The van der Waals surface area contributed by atoms with E-state index in [0.717, 1.165) is 17.8 Å². The molecular formula is C13H14F3N. The van der Waals surface area contributed by atoms with E-state index in [-0.39, 0.29) is 0 Å². The van der Waals surface area contributed by atoms with Gasteiger partial charge >= 0.3 is 6.18 Å². The van der Waals surface area contributed by atoms with Gasteiger partial charge in [-0.3, -0.25) is 0 Å². The highest BCUT2D eigenvalue weighted by molar-refractivity contribution is 5.49. The Kier molecular flexibility index (Phi) is 4.37. The Morgan fingerprint density at radius 2 is 1.47 bits per heavy atom. The van der Waals surface area contributed by atoms with Gasteiger partial charge in [0.05, 0.1) is 5.56 Å². The highest BCUT2D eigenvalue weighted by atomic mass is 19.4. The lowest BCUT2D eigenvalue weighted by Gasteiger charge is -2.22. The second-order valence-corrected chi connectivity index (χ2v) is 3.53. The van der Waals surface area contributed by atoms with Crippen molar-refractivity contribution in [2.45, 2.75) is 6.18 Å². The summed E-state index contributed by atoms with van der Waals surface area (Å²) in [7, 11) is 0. The van der Waals surface area contributed by atoms with Crippen molar-refractivity contribution in [3.63, 3.8) is 0 Å². The van der Waals surface area contributed by atoms with Crippen molar-refractivity contribution in [2.75, 3.05) is 18.0 Å². The van der Waals surface area contributed by atoms with E-state index in [0.29, 0.717) is 13.1 Å². The van der Waals surface area contributed by atoms with Crippen LogP contribution < -0.4 is 4.90 Å². The molecule has 0 saturated heterocycles. The van der Waals surface area contributed by atoms with Crippen LogP contribution >= 0.6 is 0 Å². The van der Waals surface area contributed by atoms with Crippen LogP contribution in [0.25, 0.3) is 0 Å². The van der Waals surface area contributed by atoms with Crippen molar-refractivity contribution in [3.8, 4) is 0 Å². The molecule has 0 unspecified atom stereocenters. The lowest BCUT2D eigenvalue weighted by atomic mass is 10.2. The summed E-state index contributed by atoms with van der Waals surface area (Å²) < 4.78 is 37.1. The summed E-state index contributed by atoms with van der Waals surface area (Å²) in [4.78, 5) is 1.88. The van der Waals surface area contributed by atoms with Crippen LogP contribution in [0.2, 0.25) is 0 Å². The molecule has 0 heterocycles. The van der Waals surface area contributed by atoms with Crippen molar-refractivity contribution >= 4 is 5.69 Å². The highest BCUT2D eigenvalue weighted by Gasteiger charge is 2.30. The number of benzene rings is 1. The van der Waals surface area contributed by atoms with Gasteiger partial charge in [0, 0.05) is 18.8 Å². The summed E-state index contributed by atoms with van der Waals surface area (Å²) in [5.41, 5.74) is 0.0798. The first kappa shape index (κ1) is 13.4. The van der Waals surface area contributed by atoms with Gasteiger partial charge < -0.3 is 4.90 Å². The molecule has 0 N–H and O–H groups in total. The average molecular weight is 241 g/mol. The van der Waals surface area contributed by atoms with E-state index < -0.39 is 11.7 Å². The Hall–Kier alpha value is -1.71. The molecule has 0 aromatic heterocycles. The van der Waals surface area contributed by atoms with E-state index in [1.807, 2.05) is 4.90 Å². The van der Waals surface area contributed by atoms with E-state index in [2.05, 4.69) is 13.2 Å². The van der Waals surface area contributed by atoms with Crippen LogP contribution in [0.4, 0.5) is 18.9 Å². The molecule has 0 aliphatic carbocycles. The third kappa shape index (κ3) is 3.66. The molecule has 1 rings (SSSR count). The van der Waals surface area contributed by atoms with Crippen molar-refractivity contribution in [1.29, 1.82) is 0 Å². The molecule has 0 aliphatic heterocycles. The van der Waals surface area contributed by atoms with E-state index in [1.165, 1.54) is 12.1 Å². The summed E-state index contributed by atoms with van der Waals surface area (Å²) in [6.45, 7) is 8.35. The lowest BCUT2D eigenvalue weighted by Crippen LogP contribution is -2.23. The Morgan fingerprint density at radius 3 is 1.82 bits per heavy atom. The molecule has 1 nitrogen and oxygen atoms in total. The molecule has 0 atom stereocenters. The van der Waals surface area contributed by atoms with Crippen LogP contribution in [-0.2, 0) is 6.18 Å². The van der Waals surface area contributed by atoms with E-state index in [4.69, 9.17) is 0 Å². The molecule has 0 spiro atoms. The van der Waals surface area contributed by atoms with Gasteiger partial charge in [-0.05, 0) is 24.3 Å². The molecule has 4 heteroatoms. The van der Waals surface area contributed by atoms with Gasteiger partial charge in [-0.2, -0.15) is 13.2 Å². The zero-order chi connectivity index (χ0) is 12.9. The third-order valence-electron chi connectivity index (χ3n) is 2.26. The predicted molar refractivity (Wildman–Crippen MR) is 64.1 cm³/mol. The molecule has 1 aromatic carbocycles. The number of rotatable bonds is 5. The monoisotopic (exact) mass is 241 g/mol. The second-order valence-electron chi connectivity index (χ2n) is 3.53. The molecule has 92 valence electrons. The minimum Gasteiger partial charge on any atom is -0.364 e. The van der Waals surface area contributed by atoms with Gasteiger partial charge in [-0.15, -0.1) is 13.2 Å². The Labute approximate surface area is 98.9 Å². The van der Waals surface area contributed by atoms with Gasteiger partial charge in [-0.1, -0.05) is 12.2 Å². The van der Waals surface area contributed by atoms with Crippen LogP contribution in [0.5, 0.6) is 0 Å². The molecule has 0 amide bonds. The zero-order valence-electron chi connectivity index (χ0n) is 9.37. The van der Waals surface area contributed by atoms with Gasteiger partial charge in [0.15, 0.2) is 0 Å². The average Bonchev–Trinajstić information content (AvgIpc) is 2.28. The van der Waals surface area contributed by atoms with Crippen molar-refractivity contribution < 1.29 is 13.2 Å². The van der Waals surface area contributed by atoms with Gasteiger partial charge in [0.25, 0.3) is 0 Å². The summed E-state index contributed by atoms with van der Waals surface area (Å²) >= 11 is 0. The number of hydrogen-bond acceptors (Lipinski definition) is 1. The predicted octanol–water partition coefficient (Wildman–Crippen LogP) is 3.88. The van der Waals surface area contributed by atoms with Crippen LogP contribution in [0.1, 0.15) is 5.56 Å². The van der Waals surface area contributed by atoms with E-state index in [9.17, 15) is 13.2 Å². The molecule has 1 aromatic rings. The Balaban J connectivity index is 2.91. The van der Waals surface area contributed by atoms with E-state index in [1.54, 1.807) is 12.2 Å². The van der Waals surface area contributed by atoms with Crippen molar-refractivity contribution in [2.24, 2.45) is 0 Å². The van der Waals surface area contributed by atoms with Crippen LogP contribution in [-0.4, -0.2) is 13.1 Å². The minimum atomic E-state index is -4.29. The topological polar surface area (TPSA) is 3.24 Å². The summed E-state index contributed by atoms with van der Waals surface area (Å²) in [5, 5.41) is 0. The lowest BCUT2D eigenvalue weighted by molar-refractivity contribution is -0.137. The molecule has 0 bridgehead atoms. The molecule has 0 saturated carbocycles. The van der Waals surface area contributed by atoms with Gasteiger partial charge in [-0.25, -0.2) is 0 Å². The summed E-state index contributed by atoms with van der Waals surface area (Å²) in [5.74, 6) is 0. The number of nitrogens with zero attached hydrogens (tertiary/aromatic N) is 1. The third-order valence-corrected chi connectivity index (χ3v) is 2.26. The minimum absolute atomic E-state index is 0.567. The SMILES string of the molecule is C=CCN(CC=C)c1ccc(C(F)(F)F)cc1. The number of halogens is 3. The fraction of sp³-hybridized carbons (Fsp3) is 0.231. The molecule has 0 aliphatic rings. The maximum absolute atomic E-state index is 12.4. The highest BCUT2D eigenvalue weighted by Crippen LogP contribution is 2.30. The number of hydrogen-bond donors (Lipinski definition) is 0. The summed E-state index contributed by atoms with van der Waals surface area (Å²) in [6, 6.07) is 5.06. The zero-order valence-corrected chi connectivity index (χ0v) is 9.37. The number of anilines is 1. The standard InChI is InChI=1S/C13H14F3N/c1-3-9-17(10-4-2)12-7-5-11(6-8-12)13(14,15)16/h3-8H,1-2,9-10H2. The maximum Gasteiger partial charge on any atom is 0.416 e. The van der Waals surface area contributed by atoms with Gasteiger partial charge in [0.1, 0.15) is 0 Å². The van der Waals surface area contributed by atoms with E-state index >= 15 is 0 Å². The van der Waals surface area contributed by atoms with Crippen LogP contribution in [0.15, 0.2) is 49.6 Å². The normalized spacial score (nSPS) is 11.0. The Morgan fingerprint density at radius 1 is 1.00 bits per heavy atom. The van der Waals surface area contributed by atoms with Crippen LogP contribution in [0.3, 0.4) is 0 Å². The Bertz CT molecular complexity index is 369. The quantitative estimate of drug-likeness (QED) is 0.707. The molecular weight excluding hydrogens is 227 g/mol. The fourth-order valence-electron chi connectivity index (χ4n) is 1.46. The van der Waals surface area contributed by atoms with Crippen molar-refractivity contribution in [1.82, 2.24) is 0 Å². The second kappa shape index (κ2) is 5.57. The van der Waals surface area contributed by atoms with Gasteiger partial charge in [0.2, 0.25) is 0 Å². The molecule has 0 fully saturated rings. The smallest absolute Gasteiger partial charge is 0.364 e. The first-order chi connectivity index (χ1) is 7.99. The largest absolute Gasteiger partial charge is 0.416 e. The van der Waals surface area contributed by atoms with Crippen LogP contribution in [0, 0.1) is 0 Å². The van der Waals surface area contributed by atoms with Crippen molar-refractivity contribution in [3.05, 3.63) is 55.1 Å². The summed E-state index contributed by atoms with van der Waals surface area (Å²) in [6.07, 6.45) is -0.900. The fourth-order valence-corrected chi connectivity index (χ4v) is 1.46. The molecule has 0 radical (unpaired) electrons. The number of alkyl halides is 3. The first-order valence-corrected chi connectivity index (χ1v) is 5.13. The molecule has 17 heavy (non-hydrogen) atoms. The first-order valence-electron chi connectivity index (χ1n) is 5.13.